The van der Waals surface area contributed by atoms with E-state index in [9.17, 15) is 14.9 Å². The lowest BCUT2D eigenvalue weighted by atomic mass is 10.2. The summed E-state index contributed by atoms with van der Waals surface area (Å²) in [6, 6.07) is 6.42. The van der Waals surface area contributed by atoms with Crippen LogP contribution in [-0.4, -0.2) is 37.1 Å². The molecule has 0 heterocycles. The molecule has 1 atom stereocenters. The molecule has 0 aliphatic rings. The number of nitrogens with zero attached hydrogens (tertiary/aromatic N) is 1. The largest absolute Gasteiger partial charge is 0.383 e. The Balaban J connectivity index is 2.31. The number of nitro benzene ring substituents is 1. The lowest BCUT2D eigenvalue weighted by Gasteiger charge is -2.12. The minimum Gasteiger partial charge on any atom is -0.383 e. The van der Waals surface area contributed by atoms with Crippen molar-refractivity contribution in [3.63, 3.8) is 0 Å². The van der Waals surface area contributed by atoms with Gasteiger partial charge in [-0.1, -0.05) is 12.1 Å². The molecular formula is C14H21N3O4. The zero-order chi connectivity index (χ0) is 15.7. The molecule has 1 rings (SSSR count). The Morgan fingerprint density at radius 2 is 2.14 bits per heavy atom. The molecule has 0 aliphatic carbocycles. The molecule has 0 aromatic heterocycles. The van der Waals surface area contributed by atoms with Gasteiger partial charge in [0.05, 0.1) is 11.5 Å². The van der Waals surface area contributed by atoms with Crippen LogP contribution in [0.1, 0.15) is 19.8 Å². The summed E-state index contributed by atoms with van der Waals surface area (Å²) in [4.78, 5) is 22.0. The Labute approximate surface area is 123 Å². The Bertz CT molecular complexity index is 479. The number of anilines is 1. The highest BCUT2D eigenvalue weighted by Gasteiger charge is 2.11. The van der Waals surface area contributed by atoms with Crippen molar-refractivity contribution in [1.82, 2.24) is 5.32 Å². The molecule has 116 valence electrons. The first-order chi connectivity index (χ1) is 10.0. The fraction of sp³-hybridized carbons (Fsp3) is 0.500. The van der Waals surface area contributed by atoms with Gasteiger partial charge in [0.25, 0.3) is 5.69 Å². The standard InChI is InChI=1S/C14H21N3O4/c1-11(10-21-2)16-14(18)8-5-9-15-12-6-3-4-7-13(12)17(19)20/h3-4,6-7,11,15H,5,8-10H2,1-2H3,(H,16,18)/t11-/m0/s1. The topological polar surface area (TPSA) is 93.5 Å². The van der Waals surface area contributed by atoms with Crippen LogP contribution >= 0.6 is 0 Å². The van der Waals surface area contributed by atoms with Crippen molar-refractivity contribution in [1.29, 1.82) is 0 Å². The quantitative estimate of drug-likeness (QED) is 0.412. The number of nitro groups is 1. The number of hydrogen-bond donors (Lipinski definition) is 2. The molecule has 0 bridgehead atoms. The van der Waals surface area contributed by atoms with E-state index in [2.05, 4.69) is 10.6 Å². The smallest absolute Gasteiger partial charge is 0.292 e. The monoisotopic (exact) mass is 295 g/mol. The first-order valence-corrected chi connectivity index (χ1v) is 6.80. The van der Waals surface area contributed by atoms with Crippen molar-refractivity contribution < 1.29 is 14.5 Å². The molecular weight excluding hydrogens is 274 g/mol. The van der Waals surface area contributed by atoms with Gasteiger partial charge in [-0.25, -0.2) is 0 Å². The molecule has 0 spiro atoms. The number of amides is 1. The van der Waals surface area contributed by atoms with Crippen LogP contribution in [0.15, 0.2) is 24.3 Å². The van der Waals surface area contributed by atoms with Crippen molar-refractivity contribution in [2.75, 3.05) is 25.6 Å². The summed E-state index contributed by atoms with van der Waals surface area (Å²) in [5.41, 5.74) is 0.506. The van der Waals surface area contributed by atoms with Crippen LogP contribution in [0.3, 0.4) is 0 Å². The van der Waals surface area contributed by atoms with Gasteiger partial charge in [-0.05, 0) is 19.4 Å². The molecule has 7 nitrogen and oxygen atoms in total. The molecule has 0 radical (unpaired) electrons. The van der Waals surface area contributed by atoms with Crippen LogP contribution in [0.2, 0.25) is 0 Å². The number of methoxy groups -OCH3 is 1. The lowest BCUT2D eigenvalue weighted by molar-refractivity contribution is -0.384. The number of para-hydroxylation sites is 2. The predicted octanol–water partition coefficient (Wildman–Crippen LogP) is 1.94. The summed E-state index contributed by atoms with van der Waals surface area (Å²) in [5, 5.41) is 16.6. The fourth-order valence-corrected chi connectivity index (χ4v) is 1.89. The van der Waals surface area contributed by atoms with Crippen LogP contribution in [0.25, 0.3) is 0 Å². The highest BCUT2D eigenvalue weighted by molar-refractivity contribution is 5.76. The van der Waals surface area contributed by atoms with Gasteiger partial charge in [-0.2, -0.15) is 0 Å². The summed E-state index contributed by atoms with van der Waals surface area (Å²) in [5.74, 6) is -0.0519. The summed E-state index contributed by atoms with van der Waals surface area (Å²) >= 11 is 0. The SMILES string of the molecule is COC[C@H](C)NC(=O)CCCNc1ccccc1[N+](=O)[O-]. The van der Waals surface area contributed by atoms with E-state index in [4.69, 9.17) is 4.74 Å². The van der Waals surface area contributed by atoms with Gasteiger partial charge in [0.1, 0.15) is 5.69 Å². The van der Waals surface area contributed by atoms with Gasteiger partial charge in [-0.15, -0.1) is 0 Å². The number of rotatable bonds is 9. The highest BCUT2D eigenvalue weighted by Crippen LogP contribution is 2.22. The fourth-order valence-electron chi connectivity index (χ4n) is 1.89. The third kappa shape index (κ3) is 6.22. The van der Waals surface area contributed by atoms with E-state index >= 15 is 0 Å². The third-order valence-corrected chi connectivity index (χ3v) is 2.82. The Morgan fingerprint density at radius 1 is 1.43 bits per heavy atom. The van der Waals surface area contributed by atoms with Crippen LogP contribution in [0, 0.1) is 10.1 Å². The first kappa shape index (κ1) is 16.9. The Morgan fingerprint density at radius 3 is 2.81 bits per heavy atom. The van der Waals surface area contributed by atoms with Gasteiger partial charge in [0.2, 0.25) is 5.91 Å². The summed E-state index contributed by atoms with van der Waals surface area (Å²) in [6.07, 6.45) is 0.958. The van der Waals surface area contributed by atoms with Crippen LogP contribution in [0.5, 0.6) is 0 Å². The summed E-state index contributed by atoms with van der Waals surface area (Å²) < 4.78 is 4.93. The van der Waals surface area contributed by atoms with Crippen LogP contribution in [-0.2, 0) is 9.53 Å². The van der Waals surface area contributed by atoms with Crippen LogP contribution in [0.4, 0.5) is 11.4 Å². The maximum Gasteiger partial charge on any atom is 0.292 e. The van der Waals surface area contributed by atoms with Gasteiger partial charge in [0.15, 0.2) is 0 Å². The summed E-state index contributed by atoms with van der Waals surface area (Å²) in [6.45, 7) is 2.84. The number of carbonyl (C=O) groups excluding carboxylic acids is 1. The minimum absolute atomic E-state index is 0.0225. The zero-order valence-electron chi connectivity index (χ0n) is 12.3. The third-order valence-electron chi connectivity index (χ3n) is 2.82. The van der Waals surface area contributed by atoms with Crippen molar-refractivity contribution in [2.24, 2.45) is 0 Å². The highest BCUT2D eigenvalue weighted by atomic mass is 16.6. The molecule has 2 N–H and O–H groups in total. The van der Waals surface area contributed by atoms with E-state index in [1.165, 1.54) is 6.07 Å². The maximum absolute atomic E-state index is 11.6. The molecule has 21 heavy (non-hydrogen) atoms. The van der Waals surface area contributed by atoms with Gasteiger partial charge in [-0.3, -0.25) is 14.9 Å². The van der Waals surface area contributed by atoms with Crippen molar-refractivity contribution in [3.05, 3.63) is 34.4 Å². The average Bonchev–Trinajstić information content (AvgIpc) is 2.44. The molecule has 7 heteroatoms. The molecule has 0 fully saturated rings. The molecule has 0 saturated carbocycles. The van der Waals surface area contributed by atoms with Gasteiger partial charge >= 0.3 is 0 Å². The molecule has 1 aromatic rings. The summed E-state index contributed by atoms with van der Waals surface area (Å²) in [7, 11) is 1.58. The van der Waals surface area contributed by atoms with E-state index in [1.807, 2.05) is 6.92 Å². The van der Waals surface area contributed by atoms with E-state index < -0.39 is 4.92 Å². The predicted molar refractivity (Wildman–Crippen MR) is 80.3 cm³/mol. The van der Waals surface area contributed by atoms with E-state index in [0.29, 0.717) is 31.7 Å². The number of benzene rings is 1. The maximum atomic E-state index is 11.6. The molecule has 0 aliphatic heterocycles. The average molecular weight is 295 g/mol. The molecule has 1 amide bonds. The van der Waals surface area contributed by atoms with Crippen molar-refractivity contribution >= 4 is 17.3 Å². The zero-order valence-corrected chi connectivity index (χ0v) is 12.3. The minimum atomic E-state index is -0.429. The first-order valence-electron chi connectivity index (χ1n) is 6.80. The molecule has 0 saturated heterocycles. The van der Waals surface area contributed by atoms with Gasteiger partial charge < -0.3 is 15.4 Å². The molecule has 1 aromatic carbocycles. The van der Waals surface area contributed by atoms with E-state index in [1.54, 1.807) is 25.3 Å². The number of nitrogens with one attached hydrogen (secondary N) is 2. The molecule has 0 unspecified atom stereocenters. The Hall–Kier alpha value is -2.15. The second-order valence-electron chi connectivity index (χ2n) is 4.73. The Kier molecular flexibility index (Phi) is 7.17. The second kappa shape index (κ2) is 8.91. The van der Waals surface area contributed by atoms with Crippen molar-refractivity contribution in [2.45, 2.75) is 25.8 Å². The normalized spacial score (nSPS) is 11.7. The van der Waals surface area contributed by atoms with E-state index in [-0.39, 0.29) is 17.6 Å². The lowest BCUT2D eigenvalue weighted by Crippen LogP contribution is -2.35. The van der Waals surface area contributed by atoms with Crippen molar-refractivity contribution in [3.8, 4) is 0 Å². The van der Waals surface area contributed by atoms with Crippen LogP contribution < -0.4 is 10.6 Å². The number of hydrogen-bond acceptors (Lipinski definition) is 5. The van der Waals surface area contributed by atoms with Gasteiger partial charge in [0, 0.05) is 32.2 Å². The second-order valence-corrected chi connectivity index (χ2v) is 4.73. The van der Waals surface area contributed by atoms with E-state index in [0.717, 1.165) is 0 Å². The number of carbonyl (C=O) groups is 1. The number of ether oxygens (including phenoxy) is 1.